The summed E-state index contributed by atoms with van der Waals surface area (Å²) in [5.74, 6) is -3.55. The molecule has 0 bridgehead atoms. The van der Waals surface area contributed by atoms with Crippen LogP contribution in [0.4, 0.5) is 23.2 Å². The van der Waals surface area contributed by atoms with Crippen LogP contribution >= 0.6 is 0 Å². The Kier molecular flexibility index (Phi) is 5.18. The van der Waals surface area contributed by atoms with Crippen LogP contribution in [0.1, 0.15) is 15.9 Å². The molecule has 2 aromatic rings. The monoisotopic (exact) mass is 340 g/mol. The SMILES string of the molecule is O=C(NCc1ccccc1NC(=O)C(F)(F)F)c1ccccc1F. The molecule has 0 saturated carbocycles. The van der Waals surface area contributed by atoms with Crippen molar-refractivity contribution in [2.45, 2.75) is 12.7 Å². The molecule has 2 aromatic carbocycles. The minimum absolute atomic E-state index is 0.0892. The molecule has 0 aromatic heterocycles. The van der Waals surface area contributed by atoms with E-state index in [0.29, 0.717) is 0 Å². The molecule has 0 spiro atoms. The summed E-state index contributed by atoms with van der Waals surface area (Å²) in [5.41, 5.74) is -0.0252. The first kappa shape index (κ1) is 17.5. The fourth-order valence-corrected chi connectivity index (χ4v) is 1.91. The summed E-state index contributed by atoms with van der Waals surface area (Å²) in [6.45, 7) is -0.179. The van der Waals surface area contributed by atoms with Gasteiger partial charge in [0, 0.05) is 12.2 Å². The topological polar surface area (TPSA) is 58.2 Å². The molecule has 8 heteroatoms. The van der Waals surface area contributed by atoms with E-state index < -0.39 is 23.8 Å². The molecule has 0 saturated heterocycles. The lowest BCUT2D eigenvalue weighted by Crippen LogP contribution is -2.31. The van der Waals surface area contributed by atoms with Gasteiger partial charge in [0.15, 0.2) is 0 Å². The zero-order valence-corrected chi connectivity index (χ0v) is 12.2. The lowest BCUT2D eigenvalue weighted by Gasteiger charge is -2.13. The third kappa shape index (κ3) is 4.31. The molecular weight excluding hydrogens is 328 g/mol. The molecule has 0 aliphatic carbocycles. The van der Waals surface area contributed by atoms with Crippen LogP contribution in [0.25, 0.3) is 0 Å². The number of nitrogens with one attached hydrogen (secondary N) is 2. The lowest BCUT2D eigenvalue weighted by molar-refractivity contribution is -0.167. The van der Waals surface area contributed by atoms with Crippen LogP contribution in [-0.4, -0.2) is 18.0 Å². The summed E-state index contributed by atoms with van der Waals surface area (Å²) in [7, 11) is 0. The van der Waals surface area contributed by atoms with Crippen LogP contribution in [0, 0.1) is 5.82 Å². The smallest absolute Gasteiger partial charge is 0.348 e. The van der Waals surface area contributed by atoms with E-state index in [-0.39, 0.29) is 23.4 Å². The van der Waals surface area contributed by atoms with E-state index in [0.717, 1.165) is 6.07 Å². The third-order valence-corrected chi connectivity index (χ3v) is 3.08. The van der Waals surface area contributed by atoms with E-state index >= 15 is 0 Å². The Morgan fingerprint density at radius 3 is 2.25 bits per heavy atom. The standard InChI is InChI=1S/C16H12F4N2O2/c17-12-7-3-2-6-11(12)14(23)21-9-10-5-1-4-8-13(10)22-15(24)16(18,19)20/h1-8H,9H2,(H,21,23)(H,22,24). The van der Waals surface area contributed by atoms with E-state index in [2.05, 4.69) is 5.32 Å². The van der Waals surface area contributed by atoms with Gasteiger partial charge in [-0.3, -0.25) is 9.59 Å². The zero-order chi connectivity index (χ0) is 17.7. The summed E-state index contributed by atoms with van der Waals surface area (Å²) in [4.78, 5) is 22.9. The van der Waals surface area contributed by atoms with Gasteiger partial charge in [-0.05, 0) is 23.8 Å². The number of hydrogen-bond acceptors (Lipinski definition) is 2. The fraction of sp³-hybridized carbons (Fsp3) is 0.125. The second-order valence-corrected chi connectivity index (χ2v) is 4.77. The molecule has 4 nitrogen and oxygen atoms in total. The molecule has 0 fully saturated rings. The van der Waals surface area contributed by atoms with Gasteiger partial charge in [-0.25, -0.2) is 4.39 Å². The second-order valence-electron chi connectivity index (χ2n) is 4.77. The summed E-state index contributed by atoms with van der Waals surface area (Å²) in [6, 6.07) is 11.0. The maximum Gasteiger partial charge on any atom is 0.471 e. The minimum atomic E-state index is -5.02. The van der Waals surface area contributed by atoms with Crippen molar-refractivity contribution in [3.63, 3.8) is 0 Å². The Balaban J connectivity index is 2.10. The number of amides is 2. The first-order chi connectivity index (χ1) is 11.3. The molecule has 2 rings (SSSR count). The summed E-state index contributed by atoms with van der Waals surface area (Å²) < 4.78 is 50.5. The van der Waals surface area contributed by atoms with Crippen LogP contribution in [0.5, 0.6) is 0 Å². The van der Waals surface area contributed by atoms with Crippen LogP contribution < -0.4 is 10.6 Å². The number of carbonyl (C=O) groups is 2. The van der Waals surface area contributed by atoms with Gasteiger partial charge in [-0.2, -0.15) is 13.2 Å². The molecular formula is C16H12F4N2O2. The third-order valence-electron chi connectivity index (χ3n) is 3.08. The molecule has 0 atom stereocenters. The van der Waals surface area contributed by atoms with Gasteiger partial charge in [0.25, 0.3) is 5.91 Å². The van der Waals surface area contributed by atoms with Crippen LogP contribution in [-0.2, 0) is 11.3 Å². The molecule has 2 amide bonds. The van der Waals surface area contributed by atoms with Gasteiger partial charge >= 0.3 is 12.1 Å². The second kappa shape index (κ2) is 7.12. The quantitative estimate of drug-likeness (QED) is 0.840. The first-order valence-electron chi connectivity index (χ1n) is 6.78. The molecule has 0 unspecified atom stereocenters. The minimum Gasteiger partial charge on any atom is -0.348 e. The van der Waals surface area contributed by atoms with Gasteiger partial charge in [-0.15, -0.1) is 0 Å². The van der Waals surface area contributed by atoms with E-state index in [1.54, 1.807) is 5.32 Å². The predicted molar refractivity (Wildman–Crippen MR) is 78.7 cm³/mol. The van der Waals surface area contributed by atoms with Crippen molar-refractivity contribution in [3.05, 3.63) is 65.5 Å². The average molecular weight is 340 g/mol. The van der Waals surface area contributed by atoms with Crippen molar-refractivity contribution in [1.29, 1.82) is 0 Å². The normalized spacial score (nSPS) is 11.0. The molecule has 126 valence electrons. The van der Waals surface area contributed by atoms with E-state index in [1.807, 2.05) is 0 Å². The Morgan fingerprint density at radius 2 is 1.58 bits per heavy atom. The van der Waals surface area contributed by atoms with Crippen molar-refractivity contribution in [1.82, 2.24) is 5.32 Å². The van der Waals surface area contributed by atoms with Crippen LogP contribution in [0.3, 0.4) is 0 Å². The molecule has 0 aliphatic rings. The van der Waals surface area contributed by atoms with Crippen molar-refractivity contribution in [3.8, 4) is 0 Å². The van der Waals surface area contributed by atoms with Crippen molar-refractivity contribution in [2.75, 3.05) is 5.32 Å². The number of carbonyl (C=O) groups excluding carboxylic acids is 2. The fourth-order valence-electron chi connectivity index (χ4n) is 1.91. The van der Waals surface area contributed by atoms with Crippen molar-refractivity contribution < 1.29 is 27.2 Å². The lowest BCUT2D eigenvalue weighted by atomic mass is 10.1. The summed E-state index contributed by atoms with van der Waals surface area (Å²) in [5, 5.41) is 4.13. The molecule has 0 heterocycles. The van der Waals surface area contributed by atoms with Gasteiger partial charge in [0.2, 0.25) is 0 Å². The summed E-state index contributed by atoms with van der Waals surface area (Å²) >= 11 is 0. The predicted octanol–water partition coefficient (Wildman–Crippen LogP) is 3.26. The van der Waals surface area contributed by atoms with Gasteiger partial charge in [0.05, 0.1) is 5.56 Å². The number of benzene rings is 2. The number of para-hydroxylation sites is 1. The maximum atomic E-state index is 13.5. The van der Waals surface area contributed by atoms with Crippen molar-refractivity contribution in [2.24, 2.45) is 0 Å². The number of hydrogen-bond donors (Lipinski definition) is 2. The number of alkyl halides is 3. The van der Waals surface area contributed by atoms with E-state index in [4.69, 9.17) is 0 Å². The van der Waals surface area contributed by atoms with E-state index in [9.17, 15) is 27.2 Å². The van der Waals surface area contributed by atoms with Crippen LogP contribution in [0.15, 0.2) is 48.5 Å². The van der Waals surface area contributed by atoms with Gasteiger partial charge in [0.1, 0.15) is 5.82 Å². The zero-order valence-electron chi connectivity index (χ0n) is 12.2. The number of rotatable bonds is 4. The Hall–Kier alpha value is -2.90. The van der Waals surface area contributed by atoms with Crippen LogP contribution in [0.2, 0.25) is 0 Å². The molecule has 0 aliphatic heterocycles. The Morgan fingerprint density at radius 1 is 0.958 bits per heavy atom. The molecule has 0 radical (unpaired) electrons. The largest absolute Gasteiger partial charge is 0.471 e. The molecule has 2 N–H and O–H groups in total. The highest BCUT2D eigenvalue weighted by Crippen LogP contribution is 2.21. The Bertz CT molecular complexity index is 760. The van der Waals surface area contributed by atoms with E-state index in [1.165, 1.54) is 42.5 Å². The highest BCUT2D eigenvalue weighted by molar-refractivity contribution is 5.96. The summed E-state index contributed by atoms with van der Waals surface area (Å²) in [6.07, 6.45) is -5.02. The average Bonchev–Trinajstić information content (AvgIpc) is 2.53. The van der Waals surface area contributed by atoms with Gasteiger partial charge < -0.3 is 10.6 Å². The maximum absolute atomic E-state index is 13.5. The first-order valence-corrected chi connectivity index (χ1v) is 6.78. The Labute approximate surface area is 134 Å². The number of halogens is 4. The number of anilines is 1. The van der Waals surface area contributed by atoms with Crippen molar-refractivity contribution >= 4 is 17.5 Å². The molecule has 24 heavy (non-hydrogen) atoms. The highest BCUT2D eigenvalue weighted by atomic mass is 19.4. The highest BCUT2D eigenvalue weighted by Gasteiger charge is 2.38. The van der Waals surface area contributed by atoms with Gasteiger partial charge in [-0.1, -0.05) is 30.3 Å².